The molecule has 0 atom stereocenters. The molecule has 2 N–H and O–H groups in total. The van der Waals surface area contributed by atoms with Gasteiger partial charge in [-0.25, -0.2) is 39.5 Å². The Morgan fingerprint density at radius 3 is 1.19 bits per heavy atom. The van der Waals surface area contributed by atoms with Crippen molar-refractivity contribution in [3.05, 3.63) is 71.3 Å². The fourth-order valence-electron chi connectivity index (χ4n) is 4.53. The van der Waals surface area contributed by atoms with Crippen LogP contribution in [0.25, 0.3) is 66.2 Å². The van der Waals surface area contributed by atoms with Gasteiger partial charge < -0.3 is 10.2 Å². The number of carboxylic acids is 2. The van der Waals surface area contributed by atoms with Crippen molar-refractivity contribution >= 4 is 78.1 Å². The van der Waals surface area contributed by atoms with E-state index in [9.17, 15) is 19.8 Å². The number of carbonyl (C=O) groups is 2. The summed E-state index contributed by atoms with van der Waals surface area (Å²) in [5.41, 5.74) is 6.92. The molecule has 0 bridgehead atoms. The van der Waals surface area contributed by atoms with E-state index >= 15 is 0 Å². The van der Waals surface area contributed by atoms with E-state index in [1.807, 2.05) is 25.1 Å². The molecule has 0 unspecified atom stereocenters. The van der Waals surface area contributed by atoms with Crippen molar-refractivity contribution in [1.29, 1.82) is 0 Å². The Labute approximate surface area is 206 Å². The van der Waals surface area contributed by atoms with Crippen molar-refractivity contribution < 1.29 is 19.8 Å². The topological polar surface area (TPSA) is 152 Å². The first-order valence-corrected chi connectivity index (χ1v) is 11.3. The van der Waals surface area contributed by atoms with Crippen LogP contribution in [0.2, 0.25) is 0 Å². The fourth-order valence-corrected chi connectivity index (χ4v) is 4.53. The maximum atomic E-state index is 11.5. The van der Waals surface area contributed by atoms with Gasteiger partial charge in [0.2, 0.25) is 0 Å². The highest BCUT2D eigenvalue weighted by Crippen LogP contribution is 2.33. The number of benzene rings is 4. The summed E-state index contributed by atoms with van der Waals surface area (Å²) < 4.78 is 0. The molecule has 3 heterocycles. The van der Waals surface area contributed by atoms with Gasteiger partial charge in [0, 0.05) is 0 Å². The minimum atomic E-state index is -1.06. The first-order valence-electron chi connectivity index (χ1n) is 11.3. The maximum Gasteiger partial charge on any atom is 0.335 e. The predicted octanol–water partition coefficient (Wildman–Crippen LogP) is 4.68. The second-order valence-electron chi connectivity index (χ2n) is 8.77. The number of nitrogens with zero attached hydrogens (tertiary/aromatic N) is 6. The van der Waals surface area contributed by atoms with Crippen LogP contribution >= 0.6 is 0 Å². The molecule has 10 heteroatoms. The van der Waals surface area contributed by atoms with Crippen molar-refractivity contribution in [3.63, 3.8) is 0 Å². The Morgan fingerprint density at radius 2 is 0.811 bits per heavy atom. The summed E-state index contributed by atoms with van der Waals surface area (Å²) in [6, 6.07) is 14.8. The highest BCUT2D eigenvalue weighted by atomic mass is 16.4. The first kappa shape index (κ1) is 20.9. The molecule has 0 aliphatic heterocycles. The zero-order valence-electron chi connectivity index (χ0n) is 19.1. The van der Waals surface area contributed by atoms with E-state index < -0.39 is 11.9 Å². The third kappa shape index (κ3) is 3.12. The second-order valence-corrected chi connectivity index (χ2v) is 8.77. The van der Waals surface area contributed by atoms with Crippen LogP contribution in [0.4, 0.5) is 0 Å². The molecular formula is C27H14N6O4. The molecule has 0 saturated heterocycles. The largest absolute Gasteiger partial charge is 0.478 e. The third-order valence-electron chi connectivity index (χ3n) is 6.31. The van der Waals surface area contributed by atoms with Crippen molar-refractivity contribution in [2.75, 3.05) is 0 Å². The van der Waals surface area contributed by atoms with Crippen LogP contribution in [-0.2, 0) is 0 Å². The average Bonchev–Trinajstić information content (AvgIpc) is 2.89. The molecule has 7 aromatic rings. The normalized spacial score (nSPS) is 11.8. The van der Waals surface area contributed by atoms with Gasteiger partial charge in [0.05, 0.1) is 44.2 Å². The number of carboxylic acid groups (broad SMARTS) is 2. The zero-order valence-corrected chi connectivity index (χ0v) is 19.1. The average molecular weight is 486 g/mol. The first-order chi connectivity index (χ1) is 17.9. The van der Waals surface area contributed by atoms with Crippen molar-refractivity contribution in [1.82, 2.24) is 29.9 Å². The predicted molar refractivity (Wildman–Crippen MR) is 137 cm³/mol. The number of aryl methyl sites for hydroxylation is 1. The van der Waals surface area contributed by atoms with Crippen LogP contribution in [0, 0.1) is 6.92 Å². The summed E-state index contributed by atoms with van der Waals surface area (Å²) in [7, 11) is 0. The van der Waals surface area contributed by atoms with Gasteiger partial charge in [-0.2, -0.15) is 0 Å². The Morgan fingerprint density at radius 1 is 0.486 bits per heavy atom. The number of hydrogen-bond acceptors (Lipinski definition) is 8. The Balaban J connectivity index is 1.71. The Hall–Kier alpha value is -5.38. The molecule has 0 aliphatic carbocycles. The zero-order chi connectivity index (χ0) is 25.4. The monoisotopic (exact) mass is 486 g/mol. The van der Waals surface area contributed by atoms with Gasteiger partial charge in [0.1, 0.15) is 33.1 Å². The summed E-state index contributed by atoms with van der Waals surface area (Å²) in [6.07, 6.45) is 0. The molecule has 0 spiro atoms. The van der Waals surface area contributed by atoms with Gasteiger partial charge in [0.25, 0.3) is 0 Å². The Kier molecular flexibility index (Phi) is 4.14. The highest BCUT2D eigenvalue weighted by molar-refractivity contribution is 6.21. The number of fused-ring (bicyclic) bond motifs is 9. The van der Waals surface area contributed by atoms with E-state index in [1.165, 1.54) is 24.3 Å². The lowest BCUT2D eigenvalue weighted by molar-refractivity contribution is 0.0686. The highest BCUT2D eigenvalue weighted by Gasteiger charge is 2.19. The van der Waals surface area contributed by atoms with E-state index in [4.69, 9.17) is 29.9 Å². The van der Waals surface area contributed by atoms with Crippen LogP contribution in [0.1, 0.15) is 26.3 Å². The quantitative estimate of drug-likeness (QED) is 0.260. The maximum absolute atomic E-state index is 11.5. The standard InChI is InChI=1S/C27H14N6O4/c1-11-2-5-14-17(8-11)31-24-22(28-14)23-20(29-15-6-3-12(26(34)35)9-18(15)32-23)21-25(24)33-19-10-13(27(36)37)4-7-16(19)30-21/h2-10H,1H3,(H,34,35)(H,36,37). The molecule has 10 nitrogen and oxygen atoms in total. The molecule has 0 amide bonds. The van der Waals surface area contributed by atoms with Crippen molar-refractivity contribution in [3.8, 4) is 0 Å². The lowest BCUT2D eigenvalue weighted by Gasteiger charge is -2.11. The van der Waals surface area contributed by atoms with Crippen LogP contribution in [-0.4, -0.2) is 52.1 Å². The van der Waals surface area contributed by atoms with Crippen LogP contribution in [0.5, 0.6) is 0 Å². The second kappa shape index (κ2) is 7.31. The summed E-state index contributed by atoms with van der Waals surface area (Å²) >= 11 is 0. The minimum absolute atomic E-state index is 0.0956. The SMILES string of the molecule is Cc1ccc2nc3c(nc2c1)c1nc2cc(C(=O)O)ccc2nc1c1nc2ccc(C(=O)O)cc2nc31. The number of hydrogen-bond donors (Lipinski definition) is 2. The van der Waals surface area contributed by atoms with Gasteiger partial charge in [-0.15, -0.1) is 0 Å². The lowest BCUT2D eigenvalue weighted by Crippen LogP contribution is -2.01. The summed E-state index contributed by atoms with van der Waals surface area (Å²) in [4.78, 5) is 51.9. The molecule has 0 aliphatic rings. The summed E-state index contributed by atoms with van der Waals surface area (Å²) in [5, 5.41) is 18.9. The van der Waals surface area contributed by atoms with Crippen molar-refractivity contribution in [2.45, 2.75) is 6.92 Å². The van der Waals surface area contributed by atoms with E-state index in [0.29, 0.717) is 66.2 Å². The minimum Gasteiger partial charge on any atom is -0.478 e. The number of aromatic nitrogens is 6. The molecule has 0 fully saturated rings. The van der Waals surface area contributed by atoms with Crippen LogP contribution < -0.4 is 0 Å². The van der Waals surface area contributed by atoms with Gasteiger partial charge in [-0.05, 0) is 61.0 Å². The van der Waals surface area contributed by atoms with Crippen LogP contribution in [0.3, 0.4) is 0 Å². The van der Waals surface area contributed by atoms with Crippen LogP contribution in [0.15, 0.2) is 54.6 Å². The van der Waals surface area contributed by atoms with E-state index in [-0.39, 0.29) is 11.1 Å². The van der Waals surface area contributed by atoms with Gasteiger partial charge >= 0.3 is 11.9 Å². The van der Waals surface area contributed by atoms with Gasteiger partial charge in [-0.3, -0.25) is 0 Å². The smallest absolute Gasteiger partial charge is 0.335 e. The third-order valence-corrected chi connectivity index (χ3v) is 6.31. The fraction of sp³-hybridized carbons (Fsp3) is 0.0370. The van der Waals surface area contributed by atoms with E-state index in [0.717, 1.165) is 5.56 Å². The van der Waals surface area contributed by atoms with Gasteiger partial charge in [-0.1, -0.05) is 6.07 Å². The summed E-state index contributed by atoms with van der Waals surface area (Å²) in [5.74, 6) is -2.13. The molecule has 176 valence electrons. The van der Waals surface area contributed by atoms with E-state index in [2.05, 4.69) is 0 Å². The molecule has 3 aromatic heterocycles. The number of rotatable bonds is 2. The lowest BCUT2D eigenvalue weighted by atomic mass is 10.1. The van der Waals surface area contributed by atoms with Gasteiger partial charge in [0.15, 0.2) is 0 Å². The molecule has 37 heavy (non-hydrogen) atoms. The molecule has 0 saturated carbocycles. The molecule has 0 radical (unpaired) electrons. The number of aromatic carboxylic acids is 2. The molecule has 7 rings (SSSR count). The molecule has 4 aromatic carbocycles. The van der Waals surface area contributed by atoms with E-state index in [1.54, 1.807) is 12.1 Å². The van der Waals surface area contributed by atoms with Crippen molar-refractivity contribution in [2.24, 2.45) is 0 Å². The summed E-state index contributed by atoms with van der Waals surface area (Å²) in [6.45, 7) is 1.96. The Bertz CT molecular complexity index is 2180. The molecular weight excluding hydrogens is 472 g/mol.